The van der Waals surface area contributed by atoms with Crippen molar-refractivity contribution in [2.45, 2.75) is 57.0 Å². The van der Waals surface area contributed by atoms with E-state index in [0.717, 1.165) is 0 Å². The van der Waals surface area contributed by atoms with Crippen LogP contribution >= 0.6 is 0 Å². The van der Waals surface area contributed by atoms with Crippen molar-refractivity contribution < 1.29 is 44.4 Å². The number of phenols is 1. The Morgan fingerprint density at radius 3 is 1.97 bits per heavy atom. The number of hydrogen-bond acceptors (Lipinski definition) is 8. The van der Waals surface area contributed by atoms with Crippen LogP contribution in [-0.2, 0) is 30.4 Å². The minimum atomic E-state index is -1.54. The molecule has 182 valence electrons. The van der Waals surface area contributed by atoms with Crippen LogP contribution in [0.25, 0.3) is 0 Å². The van der Waals surface area contributed by atoms with Crippen molar-refractivity contribution in [3.63, 3.8) is 0 Å². The maximum atomic E-state index is 12.5. The third-order valence-electron chi connectivity index (χ3n) is 4.54. The Hall–Kier alpha value is -3.71. The number of amides is 3. The van der Waals surface area contributed by atoms with Gasteiger partial charge in [-0.3, -0.25) is 19.2 Å². The van der Waals surface area contributed by atoms with Gasteiger partial charge >= 0.3 is 11.9 Å². The molecular formula is C20H28N4O9. The van der Waals surface area contributed by atoms with E-state index in [4.69, 9.17) is 10.8 Å². The van der Waals surface area contributed by atoms with E-state index in [1.165, 1.54) is 38.1 Å². The molecule has 0 aliphatic heterocycles. The topological polar surface area (TPSA) is 228 Å². The lowest BCUT2D eigenvalue weighted by Gasteiger charge is -2.25. The van der Waals surface area contributed by atoms with Crippen LogP contribution in [0.5, 0.6) is 5.75 Å². The fourth-order valence-corrected chi connectivity index (χ4v) is 2.68. The van der Waals surface area contributed by atoms with E-state index in [1.54, 1.807) is 0 Å². The lowest BCUT2D eigenvalue weighted by molar-refractivity contribution is -0.142. The molecule has 0 aliphatic rings. The van der Waals surface area contributed by atoms with Gasteiger partial charge in [0.15, 0.2) is 0 Å². The summed E-state index contributed by atoms with van der Waals surface area (Å²) in [7, 11) is 0. The molecule has 0 aliphatic carbocycles. The van der Waals surface area contributed by atoms with Crippen molar-refractivity contribution in [3.05, 3.63) is 29.8 Å². The molecule has 5 atom stereocenters. The van der Waals surface area contributed by atoms with Crippen molar-refractivity contribution in [2.24, 2.45) is 5.73 Å². The first-order valence-electron chi connectivity index (χ1n) is 9.89. The average molecular weight is 468 g/mol. The smallest absolute Gasteiger partial charge is 0.326 e. The number of aliphatic carboxylic acids is 2. The minimum absolute atomic E-state index is 0.00494. The normalized spacial score (nSPS) is 15.3. The predicted molar refractivity (Wildman–Crippen MR) is 113 cm³/mol. The number of phenolic OH excluding ortho intramolecular Hbond substituents is 1. The van der Waals surface area contributed by atoms with Gasteiger partial charge in [0.1, 0.15) is 23.9 Å². The maximum Gasteiger partial charge on any atom is 0.326 e. The summed E-state index contributed by atoms with van der Waals surface area (Å²) in [5.74, 6) is -5.45. The number of hydrogen-bond donors (Lipinski definition) is 8. The van der Waals surface area contributed by atoms with E-state index >= 15 is 0 Å². The zero-order valence-electron chi connectivity index (χ0n) is 18.0. The van der Waals surface area contributed by atoms with E-state index in [1.807, 2.05) is 0 Å². The molecule has 0 fully saturated rings. The lowest BCUT2D eigenvalue weighted by atomic mass is 10.1. The van der Waals surface area contributed by atoms with Gasteiger partial charge in [-0.25, -0.2) is 4.79 Å². The van der Waals surface area contributed by atoms with Gasteiger partial charge in [-0.15, -0.1) is 0 Å². The van der Waals surface area contributed by atoms with Crippen LogP contribution in [0.1, 0.15) is 25.8 Å². The summed E-state index contributed by atoms with van der Waals surface area (Å²) in [5, 5.41) is 43.9. The first kappa shape index (κ1) is 27.3. The second kappa shape index (κ2) is 12.4. The number of carboxylic acid groups (broad SMARTS) is 2. The summed E-state index contributed by atoms with van der Waals surface area (Å²) in [4.78, 5) is 59.1. The van der Waals surface area contributed by atoms with Crippen molar-refractivity contribution in [1.29, 1.82) is 0 Å². The standard InChI is InChI=1S/C20H28N4O9/c1-9(17(29)23-14(20(32)33)7-11-3-5-12(26)6-4-11)22-19(31)16(10(2)25)24-18(30)13(21)8-15(27)28/h3-6,9-10,13-14,16,25-26H,7-8,21H2,1-2H3,(H,22,31)(H,23,29)(H,24,30)(H,27,28)(H,32,33). The first-order valence-corrected chi connectivity index (χ1v) is 9.89. The average Bonchev–Trinajstić information content (AvgIpc) is 2.71. The van der Waals surface area contributed by atoms with Crippen LogP contribution < -0.4 is 21.7 Å². The maximum absolute atomic E-state index is 12.5. The number of carbonyl (C=O) groups is 5. The van der Waals surface area contributed by atoms with Crippen LogP contribution in [0.4, 0.5) is 0 Å². The molecule has 13 heteroatoms. The number of rotatable bonds is 12. The molecule has 1 rings (SSSR count). The highest BCUT2D eigenvalue weighted by Crippen LogP contribution is 2.11. The van der Waals surface area contributed by atoms with Gasteiger partial charge in [0.25, 0.3) is 0 Å². The van der Waals surface area contributed by atoms with Gasteiger partial charge in [0.05, 0.1) is 18.6 Å². The Morgan fingerprint density at radius 1 is 0.909 bits per heavy atom. The molecule has 0 heterocycles. The first-order chi connectivity index (χ1) is 15.3. The number of carbonyl (C=O) groups excluding carboxylic acids is 3. The van der Waals surface area contributed by atoms with Crippen LogP contribution in [0.2, 0.25) is 0 Å². The van der Waals surface area contributed by atoms with Crippen molar-refractivity contribution in [1.82, 2.24) is 16.0 Å². The summed E-state index contributed by atoms with van der Waals surface area (Å²) in [5.41, 5.74) is 5.97. The third-order valence-corrected chi connectivity index (χ3v) is 4.54. The quantitative estimate of drug-likeness (QED) is 0.163. The molecule has 0 bridgehead atoms. The molecule has 1 aromatic rings. The molecule has 0 spiro atoms. The van der Waals surface area contributed by atoms with Crippen molar-refractivity contribution in [3.8, 4) is 5.75 Å². The number of carboxylic acids is 2. The van der Waals surface area contributed by atoms with Gasteiger partial charge in [0, 0.05) is 6.42 Å². The molecule has 3 amide bonds. The number of aliphatic hydroxyl groups excluding tert-OH is 1. The van der Waals surface area contributed by atoms with Gasteiger partial charge in [-0.05, 0) is 31.5 Å². The summed E-state index contributed by atoms with van der Waals surface area (Å²) < 4.78 is 0. The molecule has 13 nitrogen and oxygen atoms in total. The van der Waals surface area contributed by atoms with E-state index in [0.29, 0.717) is 5.56 Å². The van der Waals surface area contributed by atoms with Crippen molar-refractivity contribution in [2.75, 3.05) is 0 Å². The lowest BCUT2D eigenvalue weighted by Crippen LogP contribution is -2.59. The second-order valence-electron chi connectivity index (χ2n) is 7.43. The molecule has 9 N–H and O–H groups in total. The molecule has 1 aromatic carbocycles. The Labute approximate surface area is 189 Å². The zero-order chi connectivity index (χ0) is 25.3. The molecular weight excluding hydrogens is 440 g/mol. The summed E-state index contributed by atoms with van der Waals surface area (Å²) in [6.07, 6.45) is -2.20. The second-order valence-corrected chi connectivity index (χ2v) is 7.43. The Bertz CT molecular complexity index is 873. The van der Waals surface area contributed by atoms with E-state index in [9.17, 15) is 39.3 Å². The number of aromatic hydroxyl groups is 1. The Kier molecular flexibility index (Phi) is 10.2. The highest BCUT2D eigenvalue weighted by atomic mass is 16.4. The SMILES string of the molecule is CC(NC(=O)C(NC(=O)C(N)CC(=O)O)C(C)O)C(=O)NC(Cc1ccc(O)cc1)C(=O)O. The molecule has 0 radical (unpaired) electrons. The fraction of sp³-hybridized carbons (Fsp3) is 0.450. The minimum Gasteiger partial charge on any atom is -0.508 e. The molecule has 0 aromatic heterocycles. The predicted octanol–water partition coefficient (Wildman–Crippen LogP) is -2.32. The highest BCUT2D eigenvalue weighted by Gasteiger charge is 2.31. The van der Waals surface area contributed by atoms with Gasteiger partial charge in [-0.1, -0.05) is 12.1 Å². The Balaban J connectivity index is 2.76. The van der Waals surface area contributed by atoms with E-state index in [-0.39, 0.29) is 12.2 Å². The van der Waals surface area contributed by atoms with Gasteiger partial charge < -0.3 is 42.1 Å². The number of aliphatic hydroxyl groups is 1. The summed E-state index contributed by atoms with van der Waals surface area (Å²) in [6.45, 7) is 2.46. The number of nitrogens with one attached hydrogen (secondary N) is 3. The van der Waals surface area contributed by atoms with E-state index in [2.05, 4.69) is 16.0 Å². The Morgan fingerprint density at radius 2 is 1.48 bits per heavy atom. The van der Waals surface area contributed by atoms with Crippen LogP contribution in [0.15, 0.2) is 24.3 Å². The van der Waals surface area contributed by atoms with Crippen LogP contribution in [0.3, 0.4) is 0 Å². The molecule has 5 unspecified atom stereocenters. The zero-order valence-corrected chi connectivity index (χ0v) is 18.0. The van der Waals surface area contributed by atoms with Gasteiger partial charge in [-0.2, -0.15) is 0 Å². The third kappa shape index (κ3) is 9.13. The highest BCUT2D eigenvalue weighted by molar-refractivity contribution is 5.94. The molecule has 33 heavy (non-hydrogen) atoms. The monoisotopic (exact) mass is 468 g/mol. The largest absolute Gasteiger partial charge is 0.508 e. The molecule has 0 saturated heterocycles. The summed E-state index contributed by atoms with van der Waals surface area (Å²) >= 11 is 0. The van der Waals surface area contributed by atoms with Crippen LogP contribution in [-0.4, -0.2) is 80.4 Å². The fourth-order valence-electron chi connectivity index (χ4n) is 2.68. The number of nitrogens with two attached hydrogens (primary N) is 1. The van der Waals surface area contributed by atoms with Crippen molar-refractivity contribution >= 4 is 29.7 Å². The number of benzene rings is 1. The van der Waals surface area contributed by atoms with Gasteiger partial charge in [0.2, 0.25) is 17.7 Å². The van der Waals surface area contributed by atoms with Crippen LogP contribution in [0, 0.1) is 0 Å². The summed E-state index contributed by atoms with van der Waals surface area (Å²) in [6, 6.07) is 0.139. The molecule has 0 saturated carbocycles. The van der Waals surface area contributed by atoms with E-state index < -0.39 is 66.4 Å².